The van der Waals surface area contributed by atoms with Crippen LogP contribution in [-0.4, -0.2) is 36.6 Å². The monoisotopic (exact) mass is 615 g/mol. The van der Waals surface area contributed by atoms with Gasteiger partial charge in [-0.1, -0.05) is 29.3 Å². The van der Waals surface area contributed by atoms with Gasteiger partial charge in [-0.25, -0.2) is 17.8 Å². The van der Waals surface area contributed by atoms with Crippen molar-refractivity contribution < 1.29 is 13.2 Å². The fourth-order valence-corrected chi connectivity index (χ4v) is 7.16. The summed E-state index contributed by atoms with van der Waals surface area (Å²) in [5.41, 5.74) is 0.370. The highest BCUT2D eigenvalue weighted by Crippen LogP contribution is 2.28. The van der Waals surface area contributed by atoms with E-state index in [1.54, 1.807) is 19.2 Å². The second-order valence-corrected chi connectivity index (χ2v) is 12.7. The topological polar surface area (TPSA) is 118 Å². The van der Waals surface area contributed by atoms with Crippen LogP contribution in [0.25, 0.3) is 16.6 Å². The number of thiophene rings is 1. The number of rotatable bonds is 7. The zero-order chi connectivity index (χ0) is 25.5. The van der Waals surface area contributed by atoms with Gasteiger partial charge in [0.05, 0.1) is 31.6 Å². The van der Waals surface area contributed by atoms with Crippen LogP contribution in [-0.2, 0) is 21.1 Å². The van der Waals surface area contributed by atoms with Crippen LogP contribution in [0.2, 0.25) is 9.36 Å². The van der Waals surface area contributed by atoms with Gasteiger partial charge in [-0.3, -0.25) is 9.59 Å². The largest absolute Gasteiger partial charge is 0.387 e. The predicted octanol–water partition coefficient (Wildman–Crippen LogP) is 4.44. The number of nitrogens with one attached hydrogen (secondary N) is 2. The van der Waals surface area contributed by atoms with Crippen LogP contribution < -0.4 is 16.6 Å². The Morgan fingerprint density at radius 3 is 2.51 bits per heavy atom. The maximum Gasteiger partial charge on any atom is 0.333 e. The van der Waals surface area contributed by atoms with Crippen molar-refractivity contribution >= 4 is 82.7 Å². The summed E-state index contributed by atoms with van der Waals surface area (Å²) in [6, 6.07) is 10.4. The number of fused-ring (bicyclic) bond motifs is 1. The van der Waals surface area contributed by atoms with Gasteiger partial charge < -0.3 is 10.3 Å². The molecule has 0 spiro atoms. The zero-order valence-electron chi connectivity index (χ0n) is 17.9. The van der Waals surface area contributed by atoms with Gasteiger partial charge in [0.1, 0.15) is 9.96 Å². The first kappa shape index (κ1) is 25.6. The molecular weight excluding hydrogens is 601 g/mol. The van der Waals surface area contributed by atoms with E-state index in [0.29, 0.717) is 25.6 Å². The Labute approximate surface area is 221 Å². The maximum atomic E-state index is 13.1. The lowest BCUT2D eigenvalue weighted by molar-refractivity contribution is -0.116. The molecule has 0 aliphatic carbocycles. The number of sulfone groups is 1. The predicted molar refractivity (Wildman–Crippen MR) is 143 cm³/mol. The third-order valence-corrected chi connectivity index (χ3v) is 9.56. The van der Waals surface area contributed by atoms with Gasteiger partial charge in [-0.05, 0) is 57.9 Å². The molecule has 0 aliphatic heterocycles. The Kier molecular flexibility index (Phi) is 7.26. The van der Waals surface area contributed by atoms with E-state index in [9.17, 15) is 22.8 Å². The molecule has 0 fully saturated rings. The van der Waals surface area contributed by atoms with Crippen LogP contribution >= 0.6 is 50.5 Å². The van der Waals surface area contributed by atoms with Gasteiger partial charge in [-0.15, -0.1) is 11.3 Å². The summed E-state index contributed by atoms with van der Waals surface area (Å²) in [6.07, 6.45) is -0.193. The van der Waals surface area contributed by atoms with Crippen molar-refractivity contribution in [1.82, 2.24) is 9.55 Å². The Hall–Kier alpha value is -2.44. The van der Waals surface area contributed by atoms with Gasteiger partial charge in [-0.2, -0.15) is 0 Å². The first-order valence-electron chi connectivity index (χ1n) is 9.95. The van der Waals surface area contributed by atoms with E-state index in [1.165, 1.54) is 30.3 Å². The van der Waals surface area contributed by atoms with E-state index in [4.69, 9.17) is 23.2 Å². The first-order chi connectivity index (χ1) is 16.5. The number of anilines is 1. The highest BCUT2D eigenvalue weighted by Gasteiger charge is 2.22. The van der Waals surface area contributed by atoms with Crippen LogP contribution in [0.5, 0.6) is 0 Å². The van der Waals surface area contributed by atoms with Crippen molar-refractivity contribution in [3.63, 3.8) is 0 Å². The lowest BCUT2D eigenvalue weighted by Crippen LogP contribution is -2.33. The number of hydrogen-bond donors (Lipinski definition) is 2. The third kappa shape index (κ3) is 5.24. The van der Waals surface area contributed by atoms with Gasteiger partial charge >= 0.3 is 5.69 Å². The Morgan fingerprint density at radius 2 is 1.89 bits per heavy atom. The van der Waals surface area contributed by atoms with Crippen LogP contribution in [0.15, 0.2) is 60.7 Å². The third-order valence-electron chi connectivity index (χ3n) is 5.12. The second kappa shape index (κ2) is 9.90. The summed E-state index contributed by atoms with van der Waals surface area (Å²) in [4.78, 5) is 41.0. The lowest BCUT2D eigenvalue weighted by atomic mass is 10.1. The average Bonchev–Trinajstić information content (AvgIpc) is 3.22. The minimum absolute atomic E-state index is 0.0209. The molecule has 2 heterocycles. The number of benzene rings is 2. The van der Waals surface area contributed by atoms with E-state index in [2.05, 4.69) is 26.2 Å². The van der Waals surface area contributed by atoms with Gasteiger partial charge in [0.15, 0.2) is 15.6 Å². The molecule has 13 heteroatoms. The molecule has 0 aliphatic rings. The van der Waals surface area contributed by atoms with Crippen LogP contribution in [0, 0.1) is 0 Å². The molecule has 0 radical (unpaired) electrons. The number of halogens is 3. The number of carbonyl (C=O) groups excluding carboxylic acids is 1. The molecule has 0 unspecified atom stereocenters. The normalized spacial score (nSPS) is 11.7. The average molecular weight is 617 g/mol. The van der Waals surface area contributed by atoms with E-state index in [1.807, 2.05) is 0 Å². The summed E-state index contributed by atoms with van der Waals surface area (Å²) in [7, 11) is -2.10. The van der Waals surface area contributed by atoms with Crippen molar-refractivity contribution in [3.05, 3.63) is 82.7 Å². The number of H-pyrrole nitrogens is 1. The molecule has 4 rings (SSSR count). The lowest BCUT2D eigenvalue weighted by Gasteiger charge is -2.11. The first-order valence-corrected chi connectivity index (χ1v) is 14.0. The van der Waals surface area contributed by atoms with Crippen molar-refractivity contribution in [2.75, 3.05) is 18.1 Å². The molecule has 0 atom stereocenters. The molecule has 0 bridgehead atoms. The highest BCUT2D eigenvalue weighted by atomic mass is 79.9. The molecule has 2 N–H and O–H groups in total. The molecule has 2 aromatic heterocycles. The molecule has 0 amide bonds. The van der Waals surface area contributed by atoms with Crippen LogP contribution in [0.1, 0.15) is 5.56 Å². The number of Topliss-reactive ketones (excluding diaryl/α,β-unsaturated/α-hetero) is 1. The summed E-state index contributed by atoms with van der Waals surface area (Å²) in [5.74, 6) is -1.22. The number of ketones is 1. The number of hydrogen-bond acceptors (Lipinski definition) is 7. The van der Waals surface area contributed by atoms with E-state index in [0.717, 1.165) is 15.9 Å². The number of carbonyl (C=O) groups is 1. The Bertz CT molecular complexity index is 1710. The summed E-state index contributed by atoms with van der Waals surface area (Å²) < 4.78 is 26.7. The smallest absolute Gasteiger partial charge is 0.333 e. The number of aromatic amines is 1. The molecule has 8 nitrogen and oxygen atoms in total. The fraction of sp³-hybridized carbons (Fsp3) is 0.136. The van der Waals surface area contributed by atoms with Gasteiger partial charge in [0.25, 0.3) is 5.56 Å². The van der Waals surface area contributed by atoms with E-state index >= 15 is 0 Å². The van der Waals surface area contributed by atoms with Crippen LogP contribution in [0.4, 0.5) is 5.69 Å². The number of aromatic nitrogens is 2. The Balaban J connectivity index is 1.64. The summed E-state index contributed by atoms with van der Waals surface area (Å²) >= 11 is 16.4. The number of nitrogens with zero attached hydrogens (tertiary/aromatic N) is 1. The SMILES string of the molecule is CNc1cc2[nH]c(=O)n(-c3ccc(CC(=O)CS(=O)(=O)c4ccc(Cl)s4)cc3Cl)c(=O)c2cc1Br. The standard InChI is InChI=1S/C22H16BrCl2N3O5S2/c1-26-17-9-16-13(8-14(17)23)21(30)28(22(31)27-16)18-3-2-11(7-15(18)24)6-12(29)10-35(32,33)20-5-4-19(25)34-20/h2-5,7-9,26H,6,10H2,1H3,(H,27,31). The van der Waals surface area contributed by atoms with Crippen molar-refractivity contribution in [1.29, 1.82) is 0 Å². The van der Waals surface area contributed by atoms with Crippen LogP contribution in [0.3, 0.4) is 0 Å². The minimum atomic E-state index is -3.81. The van der Waals surface area contributed by atoms with Gasteiger partial charge in [0, 0.05) is 17.9 Å². The Morgan fingerprint density at radius 1 is 1.14 bits per heavy atom. The molecule has 4 aromatic rings. The van der Waals surface area contributed by atoms with Crippen molar-refractivity contribution in [2.24, 2.45) is 0 Å². The van der Waals surface area contributed by atoms with E-state index < -0.39 is 32.6 Å². The molecule has 0 saturated heterocycles. The molecular formula is C22H16BrCl2N3O5S2. The molecule has 2 aromatic carbocycles. The molecule has 0 saturated carbocycles. The second-order valence-electron chi connectivity index (χ2n) is 7.52. The molecule has 35 heavy (non-hydrogen) atoms. The fourth-order valence-electron chi connectivity index (χ4n) is 3.52. The summed E-state index contributed by atoms with van der Waals surface area (Å²) in [6.45, 7) is 0. The van der Waals surface area contributed by atoms with E-state index in [-0.39, 0.29) is 26.7 Å². The maximum absolute atomic E-state index is 13.1. The highest BCUT2D eigenvalue weighted by molar-refractivity contribution is 9.10. The van der Waals surface area contributed by atoms with Crippen molar-refractivity contribution in [3.8, 4) is 5.69 Å². The molecule has 182 valence electrons. The zero-order valence-corrected chi connectivity index (χ0v) is 22.6. The minimum Gasteiger partial charge on any atom is -0.387 e. The van der Waals surface area contributed by atoms with Crippen molar-refractivity contribution in [2.45, 2.75) is 10.6 Å². The quantitative estimate of drug-likeness (QED) is 0.317. The van der Waals surface area contributed by atoms with Gasteiger partial charge in [0.2, 0.25) is 0 Å². The summed E-state index contributed by atoms with van der Waals surface area (Å²) in [5, 5.41) is 3.28.